The van der Waals surface area contributed by atoms with Crippen LogP contribution in [0.2, 0.25) is 0 Å². The Morgan fingerprint density at radius 2 is 1.66 bits per heavy atom. The first-order valence-electron chi connectivity index (χ1n) is 15.4. The molecule has 0 aliphatic carbocycles. The van der Waals surface area contributed by atoms with E-state index in [1.54, 1.807) is 0 Å². The number of aromatic nitrogens is 3. The maximum absolute atomic E-state index is 13.7. The standard InChI is InChI=1S/C32H44N6O3/c1-24-23-27(7-12-33-24)25(2)35-13-8-26(9-14-35)31(39)36-15-10-28(11-16-36)38-30-6-4-3-5-29(30)37(32(38)40)18-17-34-19-21-41-22-20-34/h3-7,12,23,25-26,28H,8-11,13-22H2,1-2H3. The first-order chi connectivity index (χ1) is 20.0. The van der Waals surface area contributed by atoms with E-state index in [1.165, 1.54) is 5.56 Å². The van der Waals surface area contributed by atoms with Gasteiger partial charge in [-0.25, -0.2) is 4.79 Å². The van der Waals surface area contributed by atoms with E-state index in [9.17, 15) is 9.59 Å². The minimum absolute atomic E-state index is 0.0788. The van der Waals surface area contributed by atoms with E-state index in [1.807, 2.05) is 34.4 Å². The Hall–Kier alpha value is -3.01. The van der Waals surface area contributed by atoms with Gasteiger partial charge in [0.1, 0.15) is 0 Å². The Morgan fingerprint density at radius 1 is 0.951 bits per heavy atom. The number of carbonyl (C=O) groups excluding carboxylic acids is 1. The van der Waals surface area contributed by atoms with Crippen LogP contribution in [0.3, 0.4) is 0 Å². The number of hydrogen-bond donors (Lipinski definition) is 0. The SMILES string of the molecule is Cc1cc(C(C)N2CCC(C(=O)N3CCC(n4c(=O)n(CCN5CCOCC5)c5ccccc54)CC3)CC2)ccn1. The first kappa shape index (κ1) is 28.1. The van der Waals surface area contributed by atoms with Crippen LogP contribution in [0.4, 0.5) is 0 Å². The summed E-state index contributed by atoms with van der Waals surface area (Å²) in [6, 6.07) is 12.9. The van der Waals surface area contributed by atoms with E-state index in [4.69, 9.17) is 4.74 Å². The van der Waals surface area contributed by atoms with Gasteiger partial charge in [0, 0.05) is 69.2 Å². The second kappa shape index (κ2) is 12.5. The number of likely N-dealkylation sites (tertiary alicyclic amines) is 2. The molecule has 1 atom stereocenters. The second-order valence-electron chi connectivity index (χ2n) is 12.0. The maximum Gasteiger partial charge on any atom is 0.329 e. The van der Waals surface area contributed by atoms with Gasteiger partial charge in [-0.05, 0) is 82.4 Å². The fraction of sp³-hybridized carbons (Fsp3) is 0.594. The van der Waals surface area contributed by atoms with Crippen molar-refractivity contribution >= 4 is 16.9 Å². The summed E-state index contributed by atoms with van der Waals surface area (Å²) in [5.41, 5.74) is 4.43. The topological polar surface area (TPSA) is 75.8 Å². The molecule has 3 aliphatic rings. The number of pyridine rings is 1. The quantitative estimate of drug-likeness (QED) is 0.441. The number of nitrogens with zero attached hydrogens (tertiary/aromatic N) is 6. The Morgan fingerprint density at radius 3 is 2.37 bits per heavy atom. The van der Waals surface area contributed by atoms with E-state index in [2.05, 4.69) is 50.9 Å². The second-order valence-corrected chi connectivity index (χ2v) is 12.0. The molecule has 0 radical (unpaired) electrons. The molecular formula is C32H44N6O3. The first-order valence-corrected chi connectivity index (χ1v) is 15.4. The molecule has 41 heavy (non-hydrogen) atoms. The lowest BCUT2D eigenvalue weighted by Gasteiger charge is -2.39. The van der Waals surface area contributed by atoms with E-state index in [0.29, 0.717) is 18.5 Å². The Balaban J connectivity index is 1.06. The van der Waals surface area contributed by atoms with Crippen LogP contribution in [-0.2, 0) is 16.1 Å². The molecule has 1 aromatic carbocycles. The Labute approximate surface area is 242 Å². The van der Waals surface area contributed by atoms with Gasteiger partial charge in [0.05, 0.1) is 24.2 Å². The number of rotatable bonds is 7. The summed E-state index contributed by atoms with van der Waals surface area (Å²) in [4.78, 5) is 38.5. The third-order valence-corrected chi connectivity index (χ3v) is 9.58. The van der Waals surface area contributed by atoms with Gasteiger partial charge in [0.25, 0.3) is 0 Å². The smallest absolute Gasteiger partial charge is 0.329 e. The number of amides is 1. The zero-order valence-electron chi connectivity index (χ0n) is 24.6. The highest BCUT2D eigenvalue weighted by Gasteiger charge is 2.33. The normalized spacial score (nSPS) is 21.0. The van der Waals surface area contributed by atoms with Crippen molar-refractivity contribution in [3.63, 3.8) is 0 Å². The predicted octanol–water partition coefficient (Wildman–Crippen LogP) is 3.48. The van der Waals surface area contributed by atoms with Gasteiger partial charge in [-0.2, -0.15) is 0 Å². The summed E-state index contributed by atoms with van der Waals surface area (Å²) in [6.07, 6.45) is 5.34. The zero-order valence-corrected chi connectivity index (χ0v) is 24.6. The number of imidazole rings is 1. The van der Waals surface area contributed by atoms with E-state index in [0.717, 1.165) is 101 Å². The van der Waals surface area contributed by atoms with Crippen LogP contribution in [0, 0.1) is 12.8 Å². The molecule has 220 valence electrons. The van der Waals surface area contributed by atoms with Crippen molar-refractivity contribution in [1.82, 2.24) is 28.8 Å². The summed E-state index contributed by atoms with van der Waals surface area (Å²) in [6.45, 7) is 12.5. The molecule has 1 unspecified atom stereocenters. The van der Waals surface area contributed by atoms with Crippen LogP contribution < -0.4 is 5.69 Å². The number of piperidine rings is 2. The minimum Gasteiger partial charge on any atom is -0.379 e. The summed E-state index contributed by atoms with van der Waals surface area (Å²) in [5, 5.41) is 0. The van der Waals surface area contributed by atoms with Gasteiger partial charge < -0.3 is 9.64 Å². The predicted molar refractivity (Wildman–Crippen MR) is 160 cm³/mol. The van der Waals surface area contributed by atoms with Crippen molar-refractivity contribution in [3.8, 4) is 0 Å². The monoisotopic (exact) mass is 560 g/mol. The van der Waals surface area contributed by atoms with Gasteiger partial charge in [-0.3, -0.25) is 28.7 Å². The molecule has 3 fully saturated rings. The minimum atomic E-state index is 0.0788. The number of hydrogen-bond acceptors (Lipinski definition) is 6. The third kappa shape index (κ3) is 5.98. The molecule has 6 rings (SSSR count). The van der Waals surface area contributed by atoms with Gasteiger partial charge in [0.2, 0.25) is 5.91 Å². The molecule has 0 bridgehead atoms. The van der Waals surface area contributed by atoms with Crippen molar-refractivity contribution in [2.75, 3.05) is 59.0 Å². The molecular weight excluding hydrogens is 516 g/mol. The highest BCUT2D eigenvalue weighted by Crippen LogP contribution is 2.30. The van der Waals surface area contributed by atoms with Crippen molar-refractivity contribution in [1.29, 1.82) is 0 Å². The molecule has 9 nitrogen and oxygen atoms in total. The summed E-state index contributed by atoms with van der Waals surface area (Å²) < 4.78 is 9.44. The molecule has 0 spiro atoms. The third-order valence-electron chi connectivity index (χ3n) is 9.58. The largest absolute Gasteiger partial charge is 0.379 e. The average Bonchev–Trinajstić information content (AvgIpc) is 3.30. The molecule has 1 amide bonds. The molecule has 0 saturated carbocycles. The number of aryl methyl sites for hydroxylation is 1. The lowest BCUT2D eigenvalue weighted by molar-refractivity contribution is -0.138. The molecule has 5 heterocycles. The van der Waals surface area contributed by atoms with Crippen molar-refractivity contribution in [2.24, 2.45) is 5.92 Å². The van der Waals surface area contributed by atoms with Crippen LogP contribution >= 0.6 is 0 Å². The van der Waals surface area contributed by atoms with Crippen LogP contribution in [0.25, 0.3) is 11.0 Å². The van der Waals surface area contributed by atoms with Gasteiger partial charge in [-0.1, -0.05) is 12.1 Å². The van der Waals surface area contributed by atoms with Crippen molar-refractivity contribution < 1.29 is 9.53 Å². The lowest BCUT2D eigenvalue weighted by atomic mass is 9.92. The number of fused-ring (bicyclic) bond motifs is 1. The molecule has 0 N–H and O–H groups in total. The number of para-hydroxylation sites is 2. The van der Waals surface area contributed by atoms with E-state index < -0.39 is 0 Å². The number of ether oxygens (including phenoxy) is 1. The molecule has 3 saturated heterocycles. The summed E-state index contributed by atoms with van der Waals surface area (Å²) >= 11 is 0. The summed E-state index contributed by atoms with van der Waals surface area (Å²) in [7, 11) is 0. The van der Waals surface area contributed by atoms with E-state index in [-0.39, 0.29) is 17.6 Å². The highest BCUT2D eigenvalue weighted by atomic mass is 16.5. The van der Waals surface area contributed by atoms with Gasteiger partial charge in [-0.15, -0.1) is 0 Å². The lowest BCUT2D eigenvalue weighted by Crippen LogP contribution is -2.46. The van der Waals surface area contributed by atoms with E-state index >= 15 is 0 Å². The zero-order chi connectivity index (χ0) is 28.3. The van der Waals surface area contributed by atoms with Crippen LogP contribution in [0.15, 0.2) is 47.4 Å². The number of carbonyl (C=O) groups is 1. The Kier molecular flexibility index (Phi) is 8.55. The summed E-state index contributed by atoms with van der Waals surface area (Å²) in [5.74, 6) is 0.398. The van der Waals surface area contributed by atoms with Crippen molar-refractivity contribution in [3.05, 3.63) is 64.3 Å². The van der Waals surface area contributed by atoms with Crippen molar-refractivity contribution in [2.45, 2.75) is 58.2 Å². The highest BCUT2D eigenvalue weighted by molar-refractivity contribution is 5.79. The fourth-order valence-corrected chi connectivity index (χ4v) is 7.04. The maximum atomic E-state index is 13.7. The van der Waals surface area contributed by atoms with Gasteiger partial charge >= 0.3 is 5.69 Å². The fourth-order valence-electron chi connectivity index (χ4n) is 7.04. The van der Waals surface area contributed by atoms with Crippen LogP contribution in [0.1, 0.15) is 55.9 Å². The number of morpholine rings is 1. The van der Waals surface area contributed by atoms with Crippen LogP contribution in [0.5, 0.6) is 0 Å². The van der Waals surface area contributed by atoms with Crippen LogP contribution in [-0.4, -0.2) is 93.8 Å². The number of benzene rings is 1. The average molecular weight is 561 g/mol. The van der Waals surface area contributed by atoms with Gasteiger partial charge in [0.15, 0.2) is 0 Å². The Bertz CT molecular complexity index is 1390. The molecule has 9 heteroatoms. The molecule has 3 aromatic rings. The molecule has 2 aromatic heterocycles. The molecule has 3 aliphatic heterocycles.